The number of ether oxygens (including phenoxy) is 1. The highest BCUT2D eigenvalue weighted by Crippen LogP contribution is 2.68. The summed E-state index contributed by atoms with van der Waals surface area (Å²) in [5.74, 6) is 1.80. The fourth-order valence-electron chi connectivity index (χ4n) is 7.64. The van der Waals surface area contributed by atoms with Gasteiger partial charge in [-0.05, 0) is 91.8 Å². The molecule has 0 radical (unpaired) electrons. The molecule has 6 heteroatoms. The van der Waals surface area contributed by atoms with Gasteiger partial charge in [-0.2, -0.15) is 0 Å². The maximum absolute atomic E-state index is 13.8. The Labute approximate surface area is 203 Å². The minimum absolute atomic E-state index is 0.00222. The number of carbonyl (C=O) groups is 1. The summed E-state index contributed by atoms with van der Waals surface area (Å²) in [6, 6.07) is 13.2. The Morgan fingerprint density at radius 2 is 1.71 bits per heavy atom. The van der Waals surface area contributed by atoms with Crippen molar-refractivity contribution >= 4 is 16.8 Å². The number of aromatic nitrogens is 1. The number of halogens is 2. The third-order valence-corrected chi connectivity index (χ3v) is 9.29. The van der Waals surface area contributed by atoms with Crippen LogP contribution in [0.4, 0.5) is 8.78 Å². The lowest BCUT2D eigenvalue weighted by molar-refractivity contribution is -0.142. The van der Waals surface area contributed by atoms with E-state index in [2.05, 4.69) is 17.2 Å². The van der Waals surface area contributed by atoms with E-state index in [4.69, 9.17) is 4.74 Å². The molecule has 5 fully saturated rings. The molecule has 8 rings (SSSR count). The molecule has 4 nitrogen and oxygen atoms in total. The van der Waals surface area contributed by atoms with Crippen molar-refractivity contribution in [2.24, 2.45) is 23.7 Å². The Morgan fingerprint density at radius 1 is 1.03 bits per heavy atom. The van der Waals surface area contributed by atoms with Crippen molar-refractivity contribution in [3.63, 3.8) is 0 Å². The van der Waals surface area contributed by atoms with Gasteiger partial charge in [0.1, 0.15) is 17.4 Å². The van der Waals surface area contributed by atoms with E-state index in [1.165, 1.54) is 29.8 Å². The molecule has 0 saturated heterocycles. The first-order valence-electron chi connectivity index (χ1n) is 12.6. The average molecular weight is 475 g/mol. The second kappa shape index (κ2) is 7.25. The minimum atomic E-state index is -0.295. The quantitative estimate of drug-likeness (QED) is 0.510. The second-order valence-electron chi connectivity index (χ2n) is 11.5. The molecule has 180 valence electrons. The number of pyridine rings is 1. The van der Waals surface area contributed by atoms with Crippen molar-refractivity contribution in [1.82, 2.24) is 10.3 Å². The fourth-order valence-corrected chi connectivity index (χ4v) is 7.64. The number of hydrogen-bond donors (Lipinski definition) is 1. The smallest absolute Gasteiger partial charge is 0.223 e. The lowest BCUT2D eigenvalue weighted by Gasteiger charge is -2.71. The average Bonchev–Trinajstić information content (AvgIpc) is 3.30. The van der Waals surface area contributed by atoms with Crippen LogP contribution in [0.25, 0.3) is 10.9 Å². The van der Waals surface area contributed by atoms with E-state index in [0.717, 1.165) is 37.6 Å². The summed E-state index contributed by atoms with van der Waals surface area (Å²) in [4.78, 5) is 17.4. The number of fused-ring (bicyclic) bond motifs is 2. The number of benzene rings is 2. The predicted octanol–water partition coefficient (Wildman–Crippen LogP) is 5.54. The summed E-state index contributed by atoms with van der Waals surface area (Å²) in [5, 5.41) is 4.07. The second-order valence-corrected chi connectivity index (χ2v) is 11.5. The topological polar surface area (TPSA) is 51.2 Å². The molecule has 0 spiro atoms. The van der Waals surface area contributed by atoms with Crippen molar-refractivity contribution in [3.05, 3.63) is 71.9 Å². The zero-order valence-corrected chi connectivity index (χ0v) is 19.6. The van der Waals surface area contributed by atoms with E-state index < -0.39 is 0 Å². The summed E-state index contributed by atoms with van der Waals surface area (Å²) in [6.45, 7) is 2.06. The molecule has 5 aliphatic rings. The van der Waals surface area contributed by atoms with Crippen LogP contribution in [0.1, 0.15) is 44.6 Å². The first-order valence-corrected chi connectivity index (χ1v) is 12.6. The van der Waals surface area contributed by atoms with Crippen LogP contribution in [0.3, 0.4) is 0 Å². The first-order chi connectivity index (χ1) is 16.8. The molecule has 1 N–H and O–H groups in total. The van der Waals surface area contributed by atoms with Crippen LogP contribution in [0, 0.1) is 35.3 Å². The number of hydrogen-bond acceptors (Lipinski definition) is 3. The molecule has 1 aromatic heterocycles. The Hall–Kier alpha value is -3.02. The Morgan fingerprint density at radius 3 is 2.43 bits per heavy atom. The highest BCUT2D eigenvalue weighted by Gasteiger charge is 2.69. The van der Waals surface area contributed by atoms with E-state index >= 15 is 0 Å². The van der Waals surface area contributed by atoms with E-state index in [1.54, 1.807) is 12.3 Å². The molecule has 1 unspecified atom stereocenters. The lowest BCUT2D eigenvalue weighted by atomic mass is 9.37. The zero-order valence-electron chi connectivity index (χ0n) is 19.6. The molecule has 5 saturated carbocycles. The van der Waals surface area contributed by atoms with Gasteiger partial charge in [-0.15, -0.1) is 0 Å². The molecule has 2 bridgehead atoms. The maximum Gasteiger partial charge on any atom is 0.223 e. The highest BCUT2D eigenvalue weighted by molar-refractivity contribution is 5.84. The lowest BCUT2D eigenvalue weighted by Crippen LogP contribution is -2.77. The molecule has 2 aromatic carbocycles. The van der Waals surface area contributed by atoms with Crippen LogP contribution in [-0.2, 0) is 10.2 Å². The number of nitrogens with zero attached hydrogens (tertiary/aromatic N) is 1. The van der Waals surface area contributed by atoms with Gasteiger partial charge in [-0.3, -0.25) is 9.78 Å². The van der Waals surface area contributed by atoms with Gasteiger partial charge >= 0.3 is 0 Å². The molecule has 0 aliphatic heterocycles. The summed E-state index contributed by atoms with van der Waals surface area (Å²) >= 11 is 0. The largest absolute Gasteiger partial charge is 0.490 e. The Kier molecular flexibility index (Phi) is 4.41. The molecular formula is C29H28F2N2O2. The van der Waals surface area contributed by atoms with Crippen molar-refractivity contribution < 1.29 is 18.3 Å². The Bertz CT molecular complexity index is 1310. The van der Waals surface area contributed by atoms with Crippen molar-refractivity contribution in [2.75, 3.05) is 0 Å². The highest BCUT2D eigenvalue weighted by atomic mass is 19.1. The van der Waals surface area contributed by atoms with Gasteiger partial charge in [0.25, 0.3) is 0 Å². The summed E-state index contributed by atoms with van der Waals surface area (Å²) < 4.78 is 33.3. The summed E-state index contributed by atoms with van der Waals surface area (Å²) in [5.41, 5.74) is 1.98. The third kappa shape index (κ3) is 3.29. The molecule has 5 aliphatic carbocycles. The summed E-state index contributed by atoms with van der Waals surface area (Å²) in [7, 11) is 0. The van der Waals surface area contributed by atoms with Crippen LogP contribution in [0.2, 0.25) is 0 Å². The van der Waals surface area contributed by atoms with E-state index in [0.29, 0.717) is 28.9 Å². The van der Waals surface area contributed by atoms with E-state index in [1.807, 2.05) is 18.2 Å². The van der Waals surface area contributed by atoms with E-state index in [-0.39, 0.29) is 40.5 Å². The van der Waals surface area contributed by atoms with Gasteiger partial charge in [0, 0.05) is 28.5 Å². The number of rotatable bonds is 6. The third-order valence-electron chi connectivity index (χ3n) is 9.29. The molecule has 5 atom stereocenters. The van der Waals surface area contributed by atoms with Gasteiger partial charge in [0.15, 0.2) is 0 Å². The van der Waals surface area contributed by atoms with Crippen LogP contribution >= 0.6 is 0 Å². The predicted molar refractivity (Wildman–Crippen MR) is 128 cm³/mol. The maximum atomic E-state index is 13.8. The number of amides is 1. The SMILES string of the molecule is CC(C(=O)NC12CC(c3ccc(F)cc3)(C1)C2)[C@H]1[C@@H]2C[C@H](Oc3ccnc4ccc(F)cc34)C[C@@H]21. The minimum Gasteiger partial charge on any atom is -0.490 e. The van der Waals surface area contributed by atoms with Crippen molar-refractivity contribution in [3.8, 4) is 5.75 Å². The molecular weight excluding hydrogens is 446 g/mol. The van der Waals surface area contributed by atoms with Gasteiger partial charge < -0.3 is 10.1 Å². The fraction of sp³-hybridized carbons (Fsp3) is 0.448. The zero-order chi connectivity index (χ0) is 23.9. The molecule has 3 aromatic rings. The van der Waals surface area contributed by atoms with Gasteiger partial charge in [0.2, 0.25) is 5.91 Å². The van der Waals surface area contributed by atoms with Gasteiger partial charge in [-0.1, -0.05) is 19.1 Å². The van der Waals surface area contributed by atoms with Crippen LogP contribution in [-0.4, -0.2) is 22.5 Å². The molecule has 1 heterocycles. The van der Waals surface area contributed by atoms with Crippen molar-refractivity contribution in [1.29, 1.82) is 0 Å². The molecule has 35 heavy (non-hydrogen) atoms. The van der Waals surface area contributed by atoms with Gasteiger partial charge in [-0.25, -0.2) is 8.78 Å². The molecule has 1 amide bonds. The van der Waals surface area contributed by atoms with Crippen molar-refractivity contribution in [2.45, 2.75) is 56.1 Å². The number of carbonyl (C=O) groups excluding carboxylic acids is 1. The van der Waals surface area contributed by atoms with Crippen LogP contribution < -0.4 is 10.1 Å². The van der Waals surface area contributed by atoms with Crippen LogP contribution in [0.15, 0.2) is 54.7 Å². The van der Waals surface area contributed by atoms with E-state index in [9.17, 15) is 13.6 Å². The normalized spacial score (nSPS) is 34.9. The monoisotopic (exact) mass is 474 g/mol. The summed E-state index contributed by atoms with van der Waals surface area (Å²) in [6.07, 6.45) is 6.54. The standard InChI is InChI=1S/C29H28F2N2O2/c1-16(27(34)33-29-13-28(14-29,15-29)17-2-4-18(30)5-3-17)26-21-11-20(12-22(21)26)35-25-8-9-32-24-7-6-19(31)10-23(24)25/h2-10,16,20-22,26H,11-15H2,1H3,(H,33,34)/t16?,20-,21+,22-,26-,28?,29?. The Balaban J connectivity index is 0.936. The first kappa shape index (κ1) is 21.3. The number of nitrogens with one attached hydrogen (secondary N) is 1. The van der Waals surface area contributed by atoms with Crippen LogP contribution in [0.5, 0.6) is 5.75 Å². The van der Waals surface area contributed by atoms with Gasteiger partial charge in [0.05, 0.1) is 11.6 Å².